The Kier molecular flexibility index (Phi) is 3.72. The van der Waals surface area contributed by atoms with E-state index in [9.17, 15) is 5.11 Å². The van der Waals surface area contributed by atoms with E-state index in [0.717, 1.165) is 24.1 Å². The van der Waals surface area contributed by atoms with Crippen LogP contribution in [0.15, 0.2) is 22.9 Å². The van der Waals surface area contributed by atoms with Gasteiger partial charge in [-0.25, -0.2) is 4.98 Å². The number of pyridine rings is 1. The first kappa shape index (κ1) is 11.0. The summed E-state index contributed by atoms with van der Waals surface area (Å²) < 4.78 is 0.867. The van der Waals surface area contributed by atoms with Crippen molar-refractivity contribution in [2.75, 3.05) is 13.2 Å². The summed E-state index contributed by atoms with van der Waals surface area (Å²) in [5.74, 6) is 0. The molecule has 2 rings (SSSR count). The van der Waals surface area contributed by atoms with E-state index in [1.54, 1.807) is 0 Å². The molecular weight excluding hydrogens is 256 g/mol. The van der Waals surface area contributed by atoms with Crippen molar-refractivity contribution in [1.29, 1.82) is 0 Å². The highest BCUT2D eigenvalue weighted by atomic mass is 79.9. The maximum atomic E-state index is 9.19. The fraction of sp³-hybridized carbons (Fsp3) is 0.545. The third-order valence-electron chi connectivity index (χ3n) is 2.88. The van der Waals surface area contributed by atoms with E-state index in [-0.39, 0.29) is 6.61 Å². The summed E-state index contributed by atoms with van der Waals surface area (Å²) in [6.07, 6.45) is 4.19. The summed E-state index contributed by atoms with van der Waals surface area (Å²) in [6, 6.07) is 4.37. The molecule has 0 saturated carbocycles. The molecule has 1 fully saturated rings. The molecule has 3 nitrogen and oxygen atoms in total. The number of hydrogen-bond donors (Lipinski definition) is 1. The molecule has 2 heterocycles. The van der Waals surface area contributed by atoms with Gasteiger partial charge in [0.25, 0.3) is 0 Å². The van der Waals surface area contributed by atoms with Gasteiger partial charge in [0.2, 0.25) is 0 Å². The molecule has 1 N–H and O–H groups in total. The van der Waals surface area contributed by atoms with Gasteiger partial charge in [-0.1, -0.05) is 6.07 Å². The van der Waals surface area contributed by atoms with Crippen LogP contribution in [-0.2, 0) is 6.54 Å². The number of aliphatic hydroxyl groups excluding tert-OH is 1. The Balaban J connectivity index is 1.99. The van der Waals surface area contributed by atoms with Gasteiger partial charge in [-0.15, -0.1) is 0 Å². The van der Waals surface area contributed by atoms with Gasteiger partial charge < -0.3 is 5.11 Å². The number of likely N-dealkylation sites (tertiary alicyclic amines) is 1. The second kappa shape index (κ2) is 5.05. The third-order valence-corrected chi connectivity index (χ3v) is 3.35. The molecule has 0 radical (unpaired) electrons. The first-order valence-electron chi connectivity index (χ1n) is 5.25. The average molecular weight is 271 g/mol. The highest BCUT2D eigenvalue weighted by molar-refractivity contribution is 9.10. The third kappa shape index (κ3) is 2.77. The molecular formula is C11H15BrN2O. The van der Waals surface area contributed by atoms with Crippen molar-refractivity contribution in [2.24, 2.45) is 0 Å². The van der Waals surface area contributed by atoms with Crippen molar-refractivity contribution in [3.05, 3.63) is 28.5 Å². The molecule has 1 saturated heterocycles. The van der Waals surface area contributed by atoms with Crippen molar-refractivity contribution < 1.29 is 5.11 Å². The fourth-order valence-corrected chi connectivity index (χ4v) is 2.28. The van der Waals surface area contributed by atoms with Crippen LogP contribution in [0.1, 0.15) is 18.4 Å². The predicted octanol–water partition coefficient (Wildman–Crippen LogP) is 1.80. The largest absolute Gasteiger partial charge is 0.395 e. The number of rotatable bonds is 3. The zero-order valence-corrected chi connectivity index (χ0v) is 10.2. The molecule has 15 heavy (non-hydrogen) atoms. The van der Waals surface area contributed by atoms with Crippen LogP contribution >= 0.6 is 15.9 Å². The number of aliphatic hydroxyl groups is 1. The minimum atomic E-state index is 0.268. The summed E-state index contributed by atoms with van der Waals surface area (Å²) in [6.45, 7) is 2.25. The lowest BCUT2D eigenvalue weighted by Crippen LogP contribution is -2.31. The fourth-order valence-electron chi connectivity index (χ4n) is 2.04. The second-order valence-electron chi connectivity index (χ2n) is 3.94. The van der Waals surface area contributed by atoms with Crippen LogP contribution in [0.3, 0.4) is 0 Å². The lowest BCUT2D eigenvalue weighted by Gasteiger charge is -2.22. The van der Waals surface area contributed by atoms with Gasteiger partial charge in [-0.2, -0.15) is 0 Å². The number of nitrogens with zero attached hydrogens (tertiary/aromatic N) is 2. The van der Waals surface area contributed by atoms with E-state index in [0.29, 0.717) is 6.04 Å². The van der Waals surface area contributed by atoms with Crippen molar-refractivity contribution in [1.82, 2.24) is 9.88 Å². The van der Waals surface area contributed by atoms with Crippen LogP contribution in [0.4, 0.5) is 0 Å². The molecule has 1 aliphatic heterocycles. The molecule has 0 bridgehead atoms. The van der Waals surface area contributed by atoms with E-state index in [4.69, 9.17) is 0 Å². The van der Waals surface area contributed by atoms with Gasteiger partial charge >= 0.3 is 0 Å². The molecule has 0 unspecified atom stereocenters. The first-order chi connectivity index (χ1) is 7.29. The molecule has 0 aliphatic carbocycles. The Bertz CT molecular complexity index is 315. The van der Waals surface area contributed by atoms with E-state index in [2.05, 4.69) is 31.9 Å². The van der Waals surface area contributed by atoms with Crippen LogP contribution in [0.5, 0.6) is 0 Å². The number of hydrogen-bond acceptors (Lipinski definition) is 3. The summed E-state index contributed by atoms with van der Waals surface area (Å²) in [7, 11) is 0. The predicted molar refractivity (Wildman–Crippen MR) is 62.5 cm³/mol. The minimum absolute atomic E-state index is 0.268. The SMILES string of the molecule is OC[C@H]1CCCN1Cc1ccc(Br)nc1. The molecule has 0 amide bonds. The van der Waals surface area contributed by atoms with Crippen LogP contribution in [-0.4, -0.2) is 34.2 Å². The Morgan fingerprint density at radius 3 is 3.07 bits per heavy atom. The van der Waals surface area contributed by atoms with Gasteiger partial charge in [0.15, 0.2) is 0 Å². The molecule has 0 spiro atoms. The molecule has 1 aliphatic rings. The Morgan fingerprint density at radius 1 is 1.53 bits per heavy atom. The minimum Gasteiger partial charge on any atom is -0.395 e. The van der Waals surface area contributed by atoms with E-state index < -0.39 is 0 Å². The van der Waals surface area contributed by atoms with Crippen LogP contribution in [0.2, 0.25) is 0 Å². The van der Waals surface area contributed by atoms with Crippen LogP contribution in [0, 0.1) is 0 Å². The Hall–Kier alpha value is -0.450. The van der Waals surface area contributed by atoms with Crippen molar-refractivity contribution in [3.63, 3.8) is 0 Å². The maximum absolute atomic E-state index is 9.19. The van der Waals surface area contributed by atoms with Crippen molar-refractivity contribution >= 4 is 15.9 Å². The number of halogens is 1. The molecule has 1 aromatic rings. The Morgan fingerprint density at radius 2 is 2.40 bits per heavy atom. The summed E-state index contributed by atoms with van der Waals surface area (Å²) in [5, 5.41) is 9.19. The summed E-state index contributed by atoms with van der Waals surface area (Å²) in [5.41, 5.74) is 1.21. The second-order valence-corrected chi connectivity index (χ2v) is 4.75. The van der Waals surface area contributed by atoms with Gasteiger partial charge in [0.05, 0.1) is 6.61 Å². The van der Waals surface area contributed by atoms with Gasteiger partial charge in [0.1, 0.15) is 4.60 Å². The Labute approximate surface area is 98.3 Å². The normalized spacial score (nSPS) is 22.1. The molecule has 82 valence electrons. The quantitative estimate of drug-likeness (QED) is 0.852. The molecule has 1 aromatic heterocycles. The lowest BCUT2D eigenvalue weighted by molar-refractivity contribution is 0.153. The highest BCUT2D eigenvalue weighted by Crippen LogP contribution is 2.19. The highest BCUT2D eigenvalue weighted by Gasteiger charge is 2.23. The van der Waals surface area contributed by atoms with E-state index in [1.165, 1.54) is 12.0 Å². The lowest BCUT2D eigenvalue weighted by atomic mass is 10.2. The van der Waals surface area contributed by atoms with E-state index >= 15 is 0 Å². The zero-order chi connectivity index (χ0) is 10.7. The topological polar surface area (TPSA) is 36.4 Å². The first-order valence-corrected chi connectivity index (χ1v) is 6.04. The van der Waals surface area contributed by atoms with Gasteiger partial charge in [0, 0.05) is 18.8 Å². The average Bonchev–Trinajstić information content (AvgIpc) is 2.69. The van der Waals surface area contributed by atoms with Crippen molar-refractivity contribution in [3.8, 4) is 0 Å². The monoisotopic (exact) mass is 270 g/mol. The standard InChI is InChI=1S/C11H15BrN2O/c12-11-4-3-9(6-13-11)7-14-5-1-2-10(14)8-15/h3-4,6,10,15H,1-2,5,7-8H2/t10-/m1/s1. The zero-order valence-electron chi connectivity index (χ0n) is 8.56. The van der Waals surface area contributed by atoms with E-state index in [1.807, 2.05) is 12.3 Å². The molecule has 4 heteroatoms. The molecule has 0 aromatic carbocycles. The summed E-state index contributed by atoms with van der Waals surface area (Å²) >= 11 is 3.32. The van der Waals surface area contributed by atoms with Crippen LogP contribution in [0.25, 0.3) is 0 Å². The maximum Gasteiger partial charge on any atom is 0.106 e. The number of aromatic nitrogens is 1. The summed E-state index contributed by atoms with van der Waals surface area (Å²) in [4.78, 5) is 6.52. The van der Waals surface area contributed by atoms with Gasteiger partial charge in [-0.05, 0) is 46.9 Å². The smallest absolute Gasteiger partial charge is 0.106 e. The van der Waals surface area contributed by atoms with Gasteiger partial charge in [-0.3, -0.25) is 4.90 Å². The van der Waals surface area contributed by atoms with Crippen LogP contribution < -0.4 is 0 Å². The molecule has 1 atom stereocenters. The van der Waals surface area contributed by atoms with Crippen molar-refractivity contribution in [2.45, 2.75) is 25.4 Å².